The highest BCUT2D eigenvalue weighted by Gasteiger charge is 2.76. The van der Waals surface area contributed by atoms with Crippen LogP contribution in [0.25, 0.3) is 0 Å². The number of carbonyl (C=O) groups is 3. The third kappa shape index (κ3) is 4.50. The van der Waals surface area contributed by atoms with Gasteiger partial charge in [-0.1, -0.05) is 22.9 Å². The van der Waals surface area contributed by atoms with Gasteiger partial charge >= 0.3 is 0 Å². The Bertz CT molecular complexity index is 712. The number of amides is 3. The van der Waals surface area contributed by atoms with Crippen molar-refractivity contribution in [3.63, 3.8) is 0 Å². The van der Waals surface area contributed by atoms with Crippen molar-refractivity contribution in [2.75, 3.05) is 19.7 Å². The maximum absolute atomic E-state index is 13.6. The van der Waals surface area contributed by atoms with Gasteiger partial charge in [-0.2, -0.15) is 0 Å². The van der Waals surface area contributed by atoms with E-state index >= 15 is 0 Å². The summed E-state index contributed by atoms with van der Waals surface area (Å²) in [7, 11) is 0. The first kappa shape index (κ1) is 24.5. The third-order valence-corrected chi connectivity index (χ3v) is 7.29. The number of likely N-dealkylation sites (tertiary alicyclic amines) is 1. The van der Waals surface area contributed by atoms with Crippen LogP contribution in [0, 0.1) is 11.8 Å². The number of hydrogen-bond donors (Lipinski definition) is 3. The van der Waals surface area contributed by atoms with E-state index in [-0.39, 0.29) is 29.2 Å². The molecule has 0 aromatic carbocycles. The average molecular weight is 502 g/mol. The molecule has 2 bridgehead atoms. The summed E-state index contributed by atoms with van der Waals surface area (Å²) in [4.78, 5) is 41.6. The van der Waals surface area contributed by atoms with Gasteiger partial charge in [-0.25, -0.2) is 0 Å². The molecule has 176 valence electrons. The molecule has 8 nitrogen and oxygen atoms in total. The van der Waals surface area contributed by atoms with Gasteiger partial charge in [0.15, 0.2) is 0 Å². The predicted molar refractivity (Wildman–Crippen MR) is 120 cm³/mol. The molecule has 3 fully saturated rings. The monoisotopic (exact) mass is 501 g/mol. The summed E-state index contributed by atoms with van der Waals surface area (Å²) in [5.74, 6) is -1.84. The molecule has 0 saturated carbocycles. The molecule has 3 saturated heterocycles. The predicted octanol–water partition coefficient (Wildman–Crippen LogP) is 1.34. The minimum absolute atomic E-state index is 0.0896. The van der Waals surface area contributed by atoms with Crippen molar-refractivity contribution >= 4 is 33.7 Å². The molecule has 0 aromatic rings. The number of fused-ring (bicyclic) bond motifs is 1. The van der Waals surface area contributed by atoms with E-state index < -0.39 is 35.1 Å². The van der Waals surface area contributed by atoms with Crippen molar-refractivity contribution in [3.05, 3.63) is 0 Å². The fourth-order valence-corrected chi connectivity index (χ4v) is 6.29. The van der Waals surface area contributed by atoms with Gasteiger partial charge < -0.3 is 25.4 Å². The number of nitrogens with one attached hydrogen (secondary N) is 2. The molecule has 3 unspecified atom stereocenters. The van der Waals surface area contributed by atoms with E-state index in [0.29, 0.717) is 32.4 Å². The number of aliphatic hydroxyl groups is 1. The molecular formula is C22H36BrN3O5. The highest BCUT2D eigenvalue weighted by atomic mass is 79.9. The lowest BCUT2D eigenvalue weighted by Gasteiger charge is -2.36. The molecule has 3 amide bonds. The van der Waals surface area contributed by atoms with Crippen LogP contribution in [0.5, 0.6) is 0 Å². The Morgan fingerprint density at radius 3 is 2.58 bits per heavy atom. The third-order valence-electron chi connectivity index (χ3n) is 6.44. The van der Waals surface area contributed by atoms with Crippen molar-refractivity contribution in [3.8, 4) is 0 Å². The number of unbranched alkanes of at least 4 members (excludes halogenated alkanes) is 2. The van der Waals surface area contributed by atoms with Crippen LogP contribution in [0.3, 0.4) is 0 Å². The number of ether oxygens (including phenoxy) is 1. The van der Waals surface area contributed by atoms with Crippen LogP contribution in [0.15, 0.2) is 0 Å². The minimum Gasteiger partial charge on any atom is -0.396 e. The van der Waals surface area contributed by atoms with Crippen LogP contribution in [0.1, 0.15) is 59.8 Å². The molecule has 6 atom stereocenters. The van der Waals surface area contributed by atoms with Crippen molar-refractivity contribution < 1.29 is 24.2 Å². The second kappa shape index (κ2) is 9.35. The van der Waals surface area contributed by atoms with Crippen LogP contribution >= 0.6 is 15.9 Å². The zero-order valence-corrected chi connectivity index (χ0v) is 20.5. The van der Waals surface area contributed by atoms with Gasteiger partial charge in [0.1, 0.15) is 11.6 Å². The van der Waals surface area contributed by atoms with E-state index in [1.54, 1.807) is 4.90 Å². The zero-order chi connectivity index (χ0) is 23.0. The summed E-state index contributed by atoms with van der Waals surface area (Å²) in [6.07, 6.45) is 2.99. The normalized spacial score (nSPS) is 34.2. The van der Waals surface area contributed by atoms with Crippen molar-refractivity contribution in [1.29, 1.82) is 0 Å². The number of nitrogens with zero attached hydrogens (tertiary/aromatic N) is 1. The Labute approximate surface area is 193 Å². The lowest BCUT2D eigenvalue weighted by atomic mass is 9.70. The standard InChI is InChI=1S/C22H36BrN3O5/c1-5-9-24-18(28)14-15-20(30)26(10-7-6-8-11-27)17(19(29)25-21(2,3)4)22(15)12-13(23)16(14)31-22/h13-17,27H,5-12H2,1-4H3,(H,24,28)(H,25,29)/t13?,14-,15-,16-,17?,22?/m0/s1. The summed E-state index contributed by atoms with van der Waals surface area (Å²) in [5.41, 5.74) is -1.46. The Hall–Kier alpha value is -1.19. The molecule has 3 heterocycles. The Morgan fingerprint density at radius 1 is 1.26 bits per heavy atom. The number of alkyl halides is 1. The summed E-state index contributed by atoms with van der Waals surface area (Å²) in [6.45, 7) is 8.75. The molecule has 3 rings (SSSR count). The second-order valence-corrected chi connectivity index (χ2v) is 11.2. The van der Waals surface area contributed by atoms with E-state index in [9.17, 15) is 14.4 Å². The molecule has 0 radical (unpaired) electrons. The number of halogens is 1. The maximum atomic E-state index is 13.6. The maximum Gasteiger partial charge on any atom is 0.246 e. The molecule has 3 aliphatic heterocycles. The van der Waals surface area contributed by atoms with Crippen LogP contribution < -0.4 is 10.6 Å². The number of rotatable bonds is 9. The van der Waals surface area contributed by atoms with Crippen molar-refractivity contribution in [2.24, 2.45) is 11.8 Å². The van der Waals surface area contributed by atoms with Crippen molar-refractivity contribution in [1.82, 2.24) is 15.5 Å². The van der Waals surface area contributed by atoms with Crippen molar-refractivity contribution in [2.45, 2.75) is 87.9 Å². The summed E-state index contributed by atoms with van der Waals surface area (Å²) >= 11 is 3.66. The quantitative estimate of drug-likeness (QED) is 0.326. The SMILES string of the molecule is CCCNC(=O)[C@H]1[C@H]2C(=O)N(CCCCCO)C(C(=O)NC(C)(C)C)C23CC(Br)[C@@H]1O3. The Morgan fingerprint density at radius 2 is 1.97 bits per heavy atom. The number of carbonyl (C=O) groups excluding carboxylic acids is 3. The van der Waals surface area contributed by atoms with Crippen LogP contribution in [-0.2, 0) is 19.1 Å². The smallest absolute Gasteiger partial charge is 0.246 e. The molecule has 0 aromatic heterocycles. The van der Waals surface area contributed by atoms with E-state index in [0.717, 1.165) is 12.8 Å². The van der Waals surface area contributed by atoms with E-state index in [1.807, 2.05) is 27.7 Å². The second-order valence-electron chi connectivity index (χ2n) is 10.0. The van der Waals surface area contributed by atoms with Gasteiger partial charge in [0.05, 0.1) is 17.9 Å². The van der Waals surface area contributed by atoms with Gasteiger partial charge in [0.25, 0.3) is 0 Å². The van der Waals surface area contributed by atoms with Gasteiger partial charge in [-0.05, 0) is 52.9 Å². The van der Waals surface area contributed by atoms with Crippen LogP contribution in [0.4, 0.5) is 0 Å². The first-order valence-corrected chi connectivity index (χ1v) is 12.3. The molecule has 3 N–H and O–H groups in total. The molecular weight excluding hydrogens is 466 g/mol. The average Bonchev–Trinajstić information content (AvgIpc) is 3.25. The topological polar surface area (TPSA) is 108 Å². The molecule has 1 spiro atoms. The van der Waals surface area contributed by atoms with Gasteiger partial charge in [0.2, 0.25) is 17.7 Å². The van der Waals surface area contributed by atoms with Gasteiger partial charge in [-0.15, -0.1) is 0 Å². The van der Waals surface area contributed by atoms with E-state index in [4.69, 9.17) is 9.84 Å². The minimum atomic E-state index is -1.00. The summed E-state index contributed by atoms with van der Waals surface area (Å²) in [5, 5.41) is 15.0. The summed E-state index contributed by atoms with van der Waals surface area (Å²) < 4.78 is 6.42. The lowest BCUT2D eigenvalue weighted by Crippen LogP contribution is -2.58. The molecule has 0 aliphatic carbocycles. The fourth-order valence-electron chi connectivity index (χ4n) is 5.34. The van der Waals surface area contributed by atoms with E-state index in [1.165, 1.54) is 0 Å². The Balaban J connectivity index is 1.94. The zero-order valence-electron chi connectivity index (χ0n) is 18.9. The highest BCUT2D eigenvalue weighted by molar-refractivity contribution is 9.09. The van der Waals surface area contributed by atoms with Crippen LogP contribution in [0.2, 0.25) is 0 Å². The largest absolute Gasteiger partial charge is 0.396 e. The molecule has 3 aliphatic rings. The lowest BCUT2D eigenvalue weighted by molar-refractivity contribution is -0.142. The first-order chi connectivity index (χ1) is 14.6. The number of hydrogen-bond acceptors (Lipinski definition) is 5. The number of aliphatic hydroxyl groups excluding tert-OH is 1. The molecule has 31 heavy (non-hydrogen) atoms. The highest BCUT2D eigenvalue weighted by Crippen LogP contribution is 2.60. The fraction of sp³-hybridized carbons (Fsp3) is 0.864. The van der Waals surface area contributed by atoms with Crippen LogP contribution in [-0.4, -0.2) is 75.5 Å². The Kier molecular flexibility index (Phi) is 7.38. The molecule has 9 heteroatoms. The van der Waals surface area contributed by atoms with Gasteiger partial charge in [0, 0.05) is 30.1 Å². The summed E-state index contributed by atoms with van der Waals surface area (Å²) in [6, 6.07) is -0.771. The first-order valence-electron chi connectivity index (χ1n) is 11.4. The van der Waals surface area contributed by atoms with Gasteiger partial charge in [-0.3, -0.25) is 14.4 Å². The van der Waals surface area contributed by atoms with E-state index in [2.05, 4.69) is 26.6 Å².